The highest BCUT2D eigenvalue weighted by molar-refractivity contribution is 6.35. The maximum atomic E-state index is 12.1. The number of nitrogens with one attached hydrogen (secondary N) is 2. The molecule has 0 radical (unpaired) electrons. The first-order valence-corrected chi connectivity index (χ1v) is 8.07. The molecule has 0 spiro atoms. The van der Waals surface area contributed by atoms with Gasteiger partial charge in [-0.3, -0.25) is 9.59 Å². The molecular formula is C17H14Cl2N2O3. The molecule has 3 rings (SSSR count). The fourth-order valence-corrected chi connectivity index (χ4v) is 2.86. The predicted octanol–water partition coefficient (Wildman–Crippen LogP) is 3.90. The second-order valence-electron chi connectivity index (χ2n) is 5.33. The van der Waals surface area contributed by atoms with Gasteiger partial charge in [-0.05, 0) is 42.3 Å². The van der Waals surface area contributed by atoms with Crippen LogP contribution in [0.15, 0.2) is 36.4 Å². The number of halogens is 2. The number of fused-ring (bicyclic) bond motifs is 1. The number of carbonyl (C=O) groups excluding carboxylic acids is 2. The van der Waals surface area contributed by atoms with Crippen LogP contribution in [0.4, 0.5) is 11.4 Å². The van der Waals surface area contributed by atoms with E-state index in [0.29, 0.717) is 33.6 Å². The maximum absolute atomic E-state index is 12.1. The number of aryl methyl sites for hydroxylation is 1. The summed E-state index contributed by atoms with van der Waals surface area (Å²) in [5.41, 5.74) is 2.00. The first kappa shape index (κ1) is 16.6. The SMILES string of the molecule is O=C(CCc1ccc(Cl)cc1Cl)Nc1ccc2c(c1)NC(=O)CO2. The minimum absolute atomic E-state index is 0.000553. The van der Waals surface area contributed by atoms with Crippen molar-refractivity contribution in [2.45, 2.75) is 12.8 Å². The summed E-state index contributed by atoms with van der Waals surface area (Å²) < 4.78 is 5.27. The smallest absolute Gasteiger partial charge is 0.262 e. The van der Waals surface area contributed by atoms with Gasteiger partial charge in [0, 0.05) is 22.2 Å². The van der Waals surface area contributed by atoms with Gasteiger partial charge in [-0.2, -0.15) is 0 Å². The van der Waals surface area contributed by atoms with Crippen LogP contribution in [0.3, 0.4) is 0 Å². The summed E-state index contributed by atoms with van der Waals surface area (Å²) in [5, 5.41) is 6.60. The van der Waals surface area contributed by atoms with Gasteiger partial charge in [-0.15, -0.1) is 0 Å². The molecule has 2 aromatic rings. The van der Waals surface area contributed by atoms with E-state index in [0.717, 1.165) is 5.56 Å². The molecule has 1 heterocycles. The average molecular weight is 365 g/mol. The molecule has 7 heteroatoms. The van der Waals surface area contributed by atoms with Crippen LogP contribution in [0, 0.1) is 0 Å². The summed E-state index contributed by atoms with van der Waals surface area (Å²) in [4.78, 5) is 23.4. The zero-order valence-electron chi connectivity index (χ0n) is 12.6. The Morgan fingerprint density at radius 3 is 2.83 bits per heavy atom. The number of hydrogen-bond donors (Lipinski definition) is 2. The van der Waals surface area contributed by atoms with E-state index >= 15 is 0 Å². The molecule has 0 saturated carbocycles. The molecule has 0 aromatic heterocycles. The summed E-state index contributed by atoms with van der Waals surface area (Å²) >= 11 is 11.9. The number of hydrogen-bond acceptors (Lipinski definition) is 3. The fourth-order valence-electron chi connectivity index (χ4n) is 2.36. The standard InChI is InChI=1S/C17H14Cl2N2O3/c18-11-3-1-10(13(19)7-11)2-6-16(22)20-12-4-5-15-14(8-12)21-17(23)9-24-15/h1,3-5,7-8H,2,6,9H2,(H,20,22)(H,21,23). The van der Waals surface area contributed by atoms with Crippen LogP contribution in [0.25, 0.3) is 0 Å². The van der Waals surface area contributed by atoms with E-state index in [9.17, 15) is 9.59 Å². The van der Waals surface area contributed by atoms with Gasteiger partial charge in [0.05, 0.1) is 5.69 Å². The van der Waals surface area contributed by atoms with Crippen molar-refractivity contribution in [3.63, 3.8) is 0 Å². The Kier molecular flexibility index (Phi) is 4.92. The zero-order chi connectivity index (χ0) is 17.1. The first-order chi connectivity index (χ1) is 11.5. The Morgan fingerprint density at radius 2 is 2.04 bits per heavy atom. The largest absolute Gasteiger partial charge is 0.482 e. The van der Waals surface area contributed by atoms with Crippen molar-refractivity contribution in [3.8, 4) is 5.75 Å². The third kappa shape index (κ3) is 3.99. The molecule has 0 saturated heterocycles. The molecular weight excluding hydrogens is 351 g/mol. The zero-order valence-corrected chi connectivity index (χ0v) is 14.1. The highest BCUT2D eigenvalue weighted by Crippen LogP contribution is 2.30. The third-order valence-corrected chi connectivity index (χ3v) is 4.12. The van der Waals surface area contributed by atoms with Crippen LogP contribution in [-0.2, 0) is 16.0 Å². The molecule has 1 aliphatic rings. The van der Waals surface area contributed by atoms with Gasteiger partial charge >= 0.3 is 0 Å². The second-order valence-corrected chi connectivity index (χ2v) is 6.18. The van der Waals surface area contributed by atoms with Crippen molar-refractivity contribution in [2.24, 2.45) is 0 Å². The highest BCUT2D eigenvalue weighted by atomic mass is 35.5. The molecule has 1 aliphatic heterocycles. The van der Waals surface area contributed by atoms with Crippen LogP contribution < -0.4 is 15.4 Å². The van der Waals surface area contributed by atoms with Gasteiger partial charge in [0.1, 0.15) is 5.75 Å². The lowest BCUT2D eigenvalue weighted by Gasteiger charge is -2.18. The van der Waals surface area contributed by atoms with Gasteiger partial charge in [0.15, 0.2) is 6.61 Å². The molecule has 2 amide bonds. The van der Waals surface area contributed by atoms with Crippen LogP contribution in [-0.4, -0.2) is 18.4 Å². The topological polar surface area (TPSA) is 67.4 Å². The van der Waals surface area contributed by atoms with Crippen LogP contribution in [0.5, 0.6) is 5.75 Å². The lowest BCUT2D eigenvalue weighted by Crippen LogP contribution is -2.25. The van der Waals surface area contributed by atoms with Gasteiger partial charge in [-0.1, -0.05) is 29.3 Å². The number of benzene rings is 2. The van der Waals surface area contributed by atoms with Crippen LogP contribution >= 0.6 is 23.2 Å². The lowest BCUT2D eigenvalue weighted by atomic mass is 10.1. The molecule has 124 valence electrons. The summed E-state index contributed by atoms with van der Waals surface area (Å²) in [6, 6.07) is 10.3. The molecule has 0 aliphatic carbocycles. The summed E-state index contributed by atoms with van der Waals surface area (Å²) in [7, 11) is 0. The number of amides is 2. The maximum Gasteiger partial charge on any atom is 0.262 e. The number of anilines is 2. The van der Waals surface area contributed by atoms with Gasteiger partial charge in [-0.25, -0.2) is 0 Å². The minimum atomic E-state index is -0.219. The second kappa shape index (κ2) is 7.11. The Bertz CT molecular complexity index is 808. The highest BCUT2D eigenvalue weighted by Gasteiger charge is 2.16. The molecule has 2 aromatic carbocycles. The van der Waals surface area contributed by atoms with Crippen molar-refractivity contribution < 1.29 is 14.3 Å². The van der Waals surface area contributed by atoms with Crippen molar-refractivity contribution >= 4 is 46.4 Å². The lowest BCUT2D eigenvalue weighted by molar-refractivity contribution is -0.118. The van der Waals surface area contributed by atoms with E-state index < -0.39 is 0 Å². The van der Waals surface area contributed by atoms with Crippen molar-refractivity contribution in [2.75, 3.05) is 17.2 Å². The molecule has 0 unspecified atom stereocenters. The normalized spacial score (nSPS) is 12.8. The van der Waals surface area contributed by atoms with E-state index in [1.807, 2.05) is 6.07 Å². The van der Waals surface area contributed by atoms with E-state index in [1.54, 1.807) is 30.3 Å². The van der Waals surface area contributed by atoms with Crippen LogP contribution in [0.1, 0.15) is 12.0 Å². The number of rotatable bonds is 4. The first-order valence-electron chi connectivity index (χ1n) is 7.32. The molecule has 24 heavy (non-hydrogen) atoms. The Labute approximate surface area is 148 Å². The van der Waals surface area contributed by atoms with Gasteiger partial charge in [0.2, 0.25) is 5.91 Å². The Balaban J connectivity index is 1.61. The van der Waals surface area contributed by atoms with E-state index in [2.05, 4.69) is 10.6 Å². The van der Waals surface area contributed by atoms with E-state index in [-0.39, 0.29) is 24.8 Å². The summed E-state index contributed by atoms with van der Waals surface area (Å²) in [6.45, 7) is 0.000553. The summed E-state index contributed by atoms with van der Waals surface area (Å²) in [5.74, 6) is 0.216. The summed E-state index contributed by atoms with van der Waals surface area (Å²) in [6.07, 6.45) is 0.786. The predicted molar refractivity (Wildman–Crippen MR) is 94.0 cm³/mol. The minimum Gasteiger partial charge on any atom is -0.482 e. The van der Waals surface area contributed by atoms with Gasteiger partial charge < -0.3 is 15.4 Å². The third-order valence-electron chi connectivity index (χ3n) is 3.53. The average Bonchev–Trinajstić information content (AvgIpc) is 2.53. The Morgan fingerprint density at radius 1 is 1.21 bits per heavy atom. The monoisotopic (exact) mass is 364 g/mol. The molecule has 0 fully saturated rings. The number of ether oxygens (including phenoxy) is 1. The van der Waals surface area contributed by atoms with Gasteiger partial charge in [0.25, 0.3) is 5.91 Å². The fraction of sp³-hybridized carbons (Fsp3) is 0.176. The molecule has 5 nitrogen and oxygen atoms in total. The van der Waals surface area contributed by atoms with E-state index in [1.165, 1.54) is 0 Å². The van der Waals surface area contributed by atoms with Crippen LogP contribution in [0.2, 0.25) is 10.0 Å². The number of carbonyl (C=O) groups is 2. The van der Waals surface area contributed by atoms with E-state index in [4.69, 9.17) is 27.9 Å². The molecule has 0 bridgehead atoms. The van der Waals surface area contributed by atoms with Crippen molar-refractivity contribution in [1.82, 2.24) is 0 Å². The molecule has 0 atom stereocenters. The quantitative estimate of drug-likeness (QED) is 0.864. The van der Waals surface area contributed by atoms with Crippen molar-refractivity contribution in [3.05, 3.63) is 52.0 Å². The van der Waals surface area contributed by atoms with Crippen molar-refractivity contribution in [1.29, 1.82) is 0 Å². The molecule has 2 N–H and O–H groups in total. The Hall–Kier alpha value is -2.24.